The molecule has 102 heavy (non-hydrogen) atoms. The zero-order valence-electron chi connectivity index (χ0n) is 56.5. The molecule has 0 saturated heterocycles. The molecule has 0 bridgehead atoms. The molecule has 0 saturated carbocycles. The van der Waals surface area contributed by atoms with Crippen molar-refractivity contribution >= 4 is 166 Å². The van der Waals surface area contributed by atoms with Crippen LogP contribution in [-0.2, 0) is 5.41 Å². The van der Waals surface area contributed by atoms with Gasteiger partial charge in [-0.3, -0.25) is 0 Å². The Balaban J connectivity index is 0.866. The van der Waals surface area contributed by atoms with Crippen LogP contribution in [0.3, 0.4) is 0 Å². The Labute approximate surface area is 596 Å². The SMILES string of the molecule is CC1(C)c2cc3c(cc2N(c2ccccc2)c2cc4c(cc21)B1c2ccccc2N(c2ccccc2)c2cc(N(c5ccccc5)c5ccccc5)cc(c21)N4c1ccccc1)N(c1ccccc1)c1cc(N(c2ccccc2)c2ccccc2)cc2c1B3c1ccccc1N2c1ccccc1. The van der Waals surface area contributed by atoms with Crippen LogP contribution >= 0.6 is 0 Å². The third-order valence-electron chi connectivity index (χ3n) is 21.6. The monoisotopic (exact) mass is 1300 g/mol. The Kier molecular flexibility index (Phi) is 13.7. The van der Waals surface area contributed by atoms with Crippen LogP contribution in [0.4, 0.5) is 119 Å². The lowest BCUT2D eigenvalue weighted by atomic mass is 9.33. The van der Waals surface area contributed by atoms with E-state index in [1.807, 2.05) is 0 Å². The molecule has 0 spiro atoms. The highest BCUT2D eigenvalue weighted by Crippen LogP contribution is 2.58. The quantitative estimate of drug-likeness (QED) is 0.119. The number of fused-ring (bicyclic) bond motifs is 10. The van der Waals surface area contributed by atoms with Crippen LogP contribution in [0.25, 0.3) is 0 Å². The van der Waals surface area contributed by atoms with Gasteiger partial charge in [0, 0.05) is 102 Å². The van der Waals surface area contributed by atoms with E-state index in [-0.39, 0.29) is 13.4 Å². The summed E-state index contributed by atoms with van der Waals surface area (Å²) in [5.41, 5.74) is 32.8. The fraction of sp³-hybridized carbons (Fsp3) is 0.0323. The Morgan fingerprint density at radius 3 is 0.725 bits per heavy atom. The number of rotatable bonds is 11. The molecule has 0 aliphatic carbocycles. The molecule has 0 unspecified atom stereocenters. The van der Waals surface area contributed by atoms with Crippen molar-refractivity contribution in [3.05, 3.63) is 381 Å². The summed E-state index contributed by atoms with van der Waals surface area (Å²) in [5.74, 6) is 0. The van der Waals surface area contributed by atoms with Crippen LogP contribution in [0.1, 0.15) is 25.0 Å². The van der Waals surface area contributed by atoms with Crippen molar-refractivity contribution < 1.29 is 0 Å². The predicted octanol–water partition coefficient (Wildman–Crippen LogP) is 20.9. The van der Waals surface area contributed by atoms with Crippen molar-refractivity contribution in [2.45, 2.75) is 19.3 Å². The minimum absolute atomic E-state index is 0.154. The molecule has 0 atom stereocenters. The second-order valence-electron chi connectivity index (χ2n) is 27.6. The van der Waals surface area contributed by atoms with Crippen molar-refractivity contribution in [2.24, 2.45) is 0 Å². The molecule has 0 amide bonds. The number of benzene rings is 15. The van der Waals surface area contributed by atoms with E-state index >= 15 is 0 Å². The first-order valence-corrected chi connectivity index (χ1v) is 35.4. The molecule has 9 heteroatoms. The summed E-state index contributed by atoms with van der Waals surface area (Å²) in [4.78, 5) is 17.6. The van der Waals surface area contributed by atoms with Gasteiger partial charge in [0.15, 0.2) is 0 Å². The third-order valence-corrected chi connectivity index (χ3v) is 21.6. The molecular formula is C93H67B2N7. The summed E-state index contributed by atoms with van der Waals surface area (Å²) in [5, 5.41) is 0. The van der Waals surface area contributed by atoms with Gasteiger partial charge in [-0.15, -0.1) is 0 Å². The minimum Gasteiger partial charge on any atom is -0.311 e. The molecule has 0 N–H and O–H groups in total. The lowest BCUT2D eigenvalue weighted by Gasteiger charge is -2.49. The number of para-hydroxylation sites is 11. The number of hydrogen-bond donors (Lipinski definition) is 0. The Morgan fingerprint density at radius 1 is 0.206 bits per heavy atom. The Morgan fingerprint density at radius 2 is 0.441 bits per heavy atom. The molecule has 5 aliphatic heterocycles. The molecule has 5 heterocycles. The van der Waals surface area contributed by atoms with Crippen molar-refractivity contribution in [3.63, 3.8) is 0 Å². The van der Waals surface area contributed by atoms with Crippen molar-refractivity contribution in [1.82, 2.24) is 0 Å². The molecule has 15 aromatic carbocycles. The molecule has 5 aliphatic rings. The predicted molar refractivity (Wildman–Crippen MR) is 431 cm³/mol. The molecule has 15 aromatic rings. The largest absolute Gasteiger partial charge is 0.311 e. The van der Waals surface area contributed by atoms with E-state index in [9.17, 15) is 0 Å². The summed E-state index contributed by atoms with van der Waals surface area (Å²) in [6.07, 6.45) is 0. The summed E-state index contributed by atoms with van der Waals surface area (Å²) in [6, 6.07) is 137. The fourth-order valence-corrected chi connectivity index (χ4v) is 17.3. The van der Waals surface area contributed by atoms with Gasteiger partial charge in [0.25, 0.3) is 13.4 Å². The third kappa shape index (κ3) is 9.17. The highest BCUT2D eigenvalue weighted by molar-refractivity contribution is 7.01. The van der Waals surface area contributed by atoms with Crippen LogP contribution in [0, 0.1) is 0 Å². The first-order chi connectivity index (χ1) is 50.4. The maximum Gasteiger partial charge on any atom is 0.252 e. The van der Waals surface area contributed by atoms with E-state index in [4.69, 9.17) is 0 Å². The summed E-state index contributed by atoms with van der Waals surface area (Å²) in [7, 11) is 0. The summed E-state index contributed by atoms with van der Waals surface area (Å²) >= 11 is 0. The zero-order valence-corrected chi connectivity index (χ0v) is 56.5. The average molecular weight is 1300 g/mol. The molecule has 0 radical (unpaired) electrons. The van der Waals surface area contributed by atoms with E-state index in [2.05, 4.69) is 418 Å². The van der Waals surface area contributed by atoms with E-state index in [0.717, 1.165) is 119 Å². The van der Waals surface area contributed by atoms with E-state index < -0.39 is 5.41 Å². The van der Waals surface area contributed by atoms with Crippen LogP contribution in [-0.4, -0.2) is 13.4 Å². The molecule has 20 rings (SSSR count). The van der Waals surface area contributed by atoms with Gasteiger partial charge >= 0.3 is 0 Å². The summed E-state index contributed by atoms with van der Waals surface area (Å²) < 4.78 is 0. The number of nitrogens with zero attached hydrogens (tertiary/aromatic N) is 7. The van der Waals surface area contributed by atoms with Gasteiger partial charge < -0.3 is 34.3 Å². The topological polar surface area (TPSA) is 22.7 Å². The maximum atomic E-state index is 2.63. The molecule has 480 valence electrons. The van der Waals surface area contributed by atoms with Gasteiger partial charge in [-0.05, 0) is 202 Å². The van der Waals surface area contributed by atoms with Crippen LogP contribution in [0.15, 0.2) is 370 Å². The lowest BCUT2D eigenvalue weighted by molar-refractivity contribution is 0.633. The van der Waals surface area contributed by atoms with Crippen molar-refractivity contribution in [2.75, 3.05) is 34.3 Å². The average Bonchev–Trinajstić information content (AvgIpc) is 0.688. The molecule has 0 aromatic heterocycles. The highest BCUT2D eigenvalue weighted by Gasteiger charge is 2.50. The molecule has 7 nitrogen and oxygen atoms in total. The second kappa shape index (κ2) is 23.6. The second-order valence-corrected chi connectivity index (χ2v) is 27.6. The standard InChI is InChI=1S/C93H67B2N7/c1-93(2)75-60-79-85(101(71-48-26-10-27-49-71)89-58-73(96(64-34-12-3-13-35-64)65-36-14-4-15-37-65)56-87-91(89)94(79)77-52-30-32-54-81(77)98(87)68-42-20-7-21-43-68)62-83(75)100(70-46-24-9-25-47-70)84-63-86-80(61-76(84)93)95-78-53-31-33-55-82(78)99(69-44-22-8-23-45-69)88-57-74(59-90(92(88)95)102(86)72-50-28-11-29-51-72)97(66-38-16-5-17-39-66)67-40-18-6-19-41-67/h3-63H,1-2H3. The van der Waals surface area contributed by atoms with Gasteiger partial charge in [-0.25, -0.2) is 0 Å². The van der Waals surface area contributed by atoms with Crippen LogP contribution in [0.5, 0.6) is 0 Å². The first kappa shape index (κ1) is 59.1. The van der Waals surface area contributed by atoms with E-state index in [1.165, 1.54) is 43.9 Å². The maximum absolute atomic E-state index is 2.63. The van der Waals surface area contributed by atoms with Gasteiger partial charge in [-0.1, -0.05) is 226 Å². The lowest BCUT2D eigenvalue weighted by Crippen LogP contribution is -2.62. The molecule has 0 fully saturated rings. The van der Waals surface area contributed by atoms with Crippen molar-refractivity contribution in [3.8, 4) is 0 Å². The fourth-order valence-electron chi connectivity index (χ4n) is 17.3. The van der Waals surface area contributed by atoms with Gasteiger partial charge in [0.05, 0.1) is 22.7 Å². The molecular weight excluding hydrogens is 1240 g/mol. The normalized spacial score (nSPS) is 13.7. The van der Waals surface area contributed by atoms with Gasteiger partial charge in [-0.2, -0.15) is 0 Å². The Hall–Kier alpha value is -13.0. The Bertz CT molecular complexity index is 5300. The van der Waals surface area contributed by atoms with Crippen LogP contribution in [0.2, 0.25) is 0 Å². The van der Waals surface area contributed by atoms with Crippen molar-refractivity contribution in [1.29, 1.82) is 0 Å². The van der Waals surface area contributed by atoms with Gasteiger partial charge in [0.1, 0.15) is 0 Å². The number of anilines is 21. The first-order valence-electron chi connectivity index (χ1n) is 35.4. The van der Waals surface area contributed by atoms with Gasteiger partial charge in [0.2, 0.25) is 0 Å². The van der Waals surface area contributed by atoms with E-state index in [1.54, 1.807) is 0 Å². The highest BCUT2D eigenvalue weighted by atomic mass is 15.2. The van der Waals surface area contributed by atoms with E-state index in [0.29, 0.717) is 0 Å². The summed E-state index contributed by atoms with van der Waals surface area (Å²) in [6.45, 7) is 4.66. The zero-order chi connectivity index (χ0) is 67.6. The smallest absolute Gasteiger partial charge is 0.252 e. The minimum atomic E-state index is -0.554. The number of hydrogen-bond acceptors (Lipinski definition) is 7. The van der Waals surface area contributed by atoms with Crippen LogP contribution < -0.4 is 67.1 Å².